The third-order valence-electron chi connectivity index (χ3n) is 4.52. The van der Waals surface area contributed by atoms with Crippen LogP contribution in [0.4, 0.5) is 29.3 Å². The number of piperazine rings is 1. The number of urea groups is 1. The summed E-state index contributed by atoms with van der Waals surface area (Å²) in [6.45, 7) is 4.18. The minimum atomic E-state index is -4.44. The van der Waals surface area contributed by atoms with Gasteiger partial charge in [0.2, 0.25) is 0 Å². The lowest BCUT2D eigenvalue weighted by molar-refractivity contribution is -0.137. The molecule has 0 bridgehead atoms. The monoisotopic (exact) mass is 397 g/mol. The Morgan fingerprint density at radius 2 is 1.78 bits per heavy atom. The van der Waals surface area contributed by atoms with E-state index in [0.717, 1.165) is 23.4 Å². The first-order chi connectivity index (χ1) is 12.7. The molecule has 0 aromatic heterocycles. The van der Waals surface area contributed by atoms with Gasteiger partial charge < -0.3 is 15.1 Å². The van der Waals surface area contributed by atoms with Crippen molar-refractivity contribution in [3.8, 4) is 0 Å². The number of hydrogen-bond acceptors (Lipinski definition) is 2. The molecule has 0 spiro atoms. The first kappa shape index (κ1) is 19.4. The molecule has 0 unspecified atom stereocenters. The zero-order valence-corrected chi connectivity index (χ0v) is 15.4. The molecule has 2 aromatic rings. The smallest absolute Gasteiger partial charge is 0.368 e. The molecule has 1 fully saturated rings. The lowest BCUT2D eigenvalue weighted by Gasteiger charge is -2.36. The van der Waals surface area contributed by atoms with Gasteiger partial charge in [-0.05, 0) is 42.8 Å². The Balaban J connectivity index is 1.61. The van der Waals surface area contributed by atoms with Crippen LogP contribution in [0.5, 0.6) is 0 Å². The van der Waals surface area contributed by atoms with Crippen molar-refractivity contribution in [1.29, 1.82) is 0 Å². The number of nitrogens with zero attached hydrogens (tertiary/aromatic N) is 2. The Morgan fingerprint density at radius 1 is 1.07 bits per heavy atom. The van der Waals surface area contributed by atoms with E-state index in [9.17, 15) is 18.0 Å². The van der Waals surface area contributed by atoms with Crippen molar-refractivity contribution in [1.82, 2.24) is 4.90 Å². The number of alkyl halides is 3. The highest BCUT2D eigenvalue weighted by Gasteiger charge is 2.30. The molecule has 2 aromatic carbocycles. The molecule has 27 heavy (non-hydrogen) atoms. The van der Waals surface area contributed by atoms with Gasteiger partial charge in [0.15, 0.2) is 0 Å². The summed E-state index contributed by atoms with van der Waals surface area (Å²) in [4.78, 5) is 16.1. The molecule has 1 N–H and O–H groups in total. The van der Waals surface area contributed by atoms with Crippen LogP contribution in [0.3, 0.4) is 0 Å². The second kappa shape index (κ2) is 7.68. The van der Waals surface area contributed by atoms with Crippen molar-refractivity contribution in [2.75, 3.05) is 36.4 Å². The molecule has 3 rings (SSSR count). The summed E-state index contributed by atoms with van der Waals surface area (Å²) in [5.74, 6) is 0. The number of nitrogens with one attached hydrogen (secondary N) is 1. The van der Waals surface area contributed by atoms with Crippen LogP contribution in [0.2, 0.25) is 5.02 Å². The van der Waals surface area contributed by atoms with Gasteiger partial charge in [-0.3, -0.25) is 0 Å². The van der Waals surface area contributed by atoms with Crippen LogP contribution in [0, 0.1) is 6.92 Å². The highest BCUT2D eigenvalue weighted by molar-refractivity contribution is 6.30. The molecule has 1 aliphatic rings. The predicted octanol–water partition coefficient (Wildman–Crippen LogP) is 5.02. The van der Waals surface area contributed by atoms with E-state index in [1.807, 2.05) is 25.1 Å². The molecule has 0 saturated carbocycles. The Kier molecular flexibility index (Phi) is 5.51. The SMILES string of the molecule is Cc1ccc(Cl)cc1N1CCN(C(=O)Nc2cccc(C(F)(F)F)c2)CC1. The molecule has 8 heteroatoms. The third kappa shape index (κ3) is 4.66. The standard InChI is InChI=1S/C19H19ClF3N3O/c1-13-5-6-15(20)12-17(13)25-7-9-26(10-8-25)18(27)24-16-4-2-3-14(11-16)19(21,22)23/h2-6,11-12H,7-10H2,1H3,(H,24,27). The number of benzene rings is 2. The van der Waals surface area contributed by atoms with Gasteiger partial charge >= 0.3 is 12.2 Å². The fourth-order valence-electron chi connectivity index (χ4n) is 3.05. The van der Waals surface area contributed by atoms with Crippen LogP contribution in [0.25, 0.3) is 0 Å². The van der Waals surface area contributed by atoms with Crippen molar-refractivity contribution in [3.05, 3.63) is 58.6 Å². The van der Waals surface area contributed by atoms with Gasteiger partial charge in [-0.1, -0.05) is 23.7 Å². The summed E-state index contributed by atoms with van der Waals surface area (Å²) in [5.41, 5.74) is 1.46. The summed E-state index contributed by atoms with van der Waals surface area (Å²) < 4.78 is 38.4. The van der Waals surface area contributed by atoms with E-state index in [1.54, 1.807) is 4.90 Å². The van der Waals surface area contributed by atoms with E-state index >= 15 is 0 Å². The van der Waals surface area contributed by atoms with Gasteiger partial charge in [0.05, 0.1) is 5.56 Å². The van der Waals surface area contributed by atoms with Crippen molar-refractivity contribution in [3.63, 3.8) is 0 Å². The van der Waals surface area contributed by atoms with Crippen LogP contribution in [0.15, 0.2) is 42.5 Å². The second-order valence-electron chi connectivity index (χ2n) is 6.41. The van der Waals surface area contributed by atoms with Gasteiger partial charge in [0.1, 0.15) is 0 Å². The van der Waals surface area contributed by atoms with E-state index in [1.165, 1.54) is 12.1 Å². The summed E-state index contributed by atoms with van der Waals surface area (Å²) in [5, 5.41) is 3.20. The number of hydrogen-bond donors (Lipinski definition) is 1. The highest BCUT2D eigenvalue weighted by atomic mass is 35.5. The number of halogens is 4. The lowest BCUT2D eigenvalue weighted by Crippen LogP contribution is -2.50. The largest absolute Gasteiger partial charge is 0.416 e. The highest BCUT2D eigenvalue weighted by Crippen LogP contribution is 2.31. The molecule has 144 valence electrons. The Hall–Kier alpha value is -2.41. The molecular weight excluding hydrogens is 379 g/mol. The average molecular weight is 398 g/mol. The van der Waals surface area contributed by atoms with Crippen LogP contribution >= 0.6 is 11.6 Å². The number of anilines is 2. The average Bonchev–Trinajstić information content (AvgIpc) is 2.63. The van der Waals surface area contributed by atoms with Gasteiger partial charge in [-0.2, -0.15) is 13.2 Å². The van der Waals surface area contributed by atoms with Gasteiger partial charge in [0.25, 0.3) is 0 Å². The van der Waals surface area contributed by atoms with E-state index in [2.05, 4.69) is 10.2 Å². The molecular formula is C19H19ClF3N3O. The maximum Gasteiger partial charge on any atom is 0.416 e. The second-order valence-corrected chi connectivity index (χ2v) is 6.85. The van der Waals surface area contributed by atoms with E-state index < -0.39 is 17.8 Å². The summed E-state index contributed by atoms with van der Waals surface area (Å²) in [6.07, 6.45) is -4.44. The normalized spacial score (nSPS) is 15.0. The number of aryl methyl sites for hydroxylation is 1. The van der Waals surface area contributed by atoms with Crippen molar-refractivity contribution >= 4 is 29.0 Å². The minimum absolute atomic E-state index is 0.128. The van der Waals surface area contributed by atoms with E-state index in [4.69, 9.17) is 11.6 Å². The fourth-order valence-corrected chi connectivity index (χ4v) is 3.22. The quantitative estimate of drug-likeness (QED) is 0.772. The van der Waals surface area contributed by atoms with Crippen LogP contribution in [0.1, 0.15) is 11.1 Å². The molecule has 2 amide bonds. The predicted molar refractivity (Wildman–Crippen MR) is 100 cm³/mol. The molecule has 4 nitrogen and oxygen atoms in total. The Labute approximate surface area is 160 Å². The minimum Gasteiger partial charge on any atom is -0.368 e. The molecule has 0 radical (unpaired) electrons. The van der Waals surface area contributed by atoms with E-state index in [0.29, 0.717) is 31.2 Å². The van der Waals surface area contributed by atoms with Crippen molar-refractivity contribution < 1.29 is 18.0 Å². The van der Waals surface area contributed by atoms with E-state index in [-0.39, 0.29) is 5.69 Å². The maximum atomic E-state index is 12.8. The molecule has 1 heterocycles. The van der Waals surface area contributed by atoms with Gasteiger partial charge in [-0.25, -0.2) is 4.79 Å². The summed E-state index contributed by atoms with van der Waals surface area (Å²) >= 11 is 6.07. The molecule has 0 aliphatic carbocycles. The van der Waals surface area contributed by atoms with Gasteiger partial charge in [-0.15, -0.1) is 0 Å². The Bertz CT molecular complexity index is 833. The summed E-state index contributed by atoms with van der Waals surface area (Å²) in [6, 6.07) is 9.90. The molecule has 0 atom stereocenters. The number of carbonyl (C=O) groups is 1. The first-order valence-electron chi connectivity index (χ1n) is 8.48. The summed E-state index contributed by atoms with van der Waals surface area (Å²) in [7, 11) is 0. The van der Waals surface area contributed by atoms with Crippen molar-refractivity contribution in [2.24, 2.45) is 0 Å². The van der Waals surface area contributed by atoms with Crippen LogP contribution in [-0.4, -0.2) is 37.1 Å². The molecule has 1 aliphatic heterocycles. The zero-order valence-electron chi connectivity index (χ0n) is 14.7. The van der Waals surface area contributed by atoms with Crippen LogP contribution in [-0.2, 0) is 6.18 Å². The van der Waals surface area contributed by atoms with Gasteiger partial charge in [0, 0.05) is 42.6 Å². The maximum absolute atomic E-state index is 12.8. The Morgan fingerprint density at radius 3 is 2.44 bits per heavy atom. The van der Waals surface area contributed by atoms with Crippen LogP contribution < -0.4 is 10.2 Å². The number of rotatable bonds is 2. The lowest BCUT2D eigenvalue weighted by atomic mass is 10.1. The first-order valence-corrected chi connectivity index (χ1v) is 8.86. The number of carbonyl (C=O) groups excluding carboxylic acids is 1. The van der Waals surface area contributed by atoms with Crippen molar-refractivity contribution in [2.45, 2.75) is 13.1 Å². The fraction of sp³-hybridized carbons (Fsp3) is 0.316. The molecule has 1 saturated heterocycles. The third-order valence-corrected chi connectivity index (χ3v) is 4.76. The topological polar surface area (TPSA) is 35.6 Å². The number of amides is 2. The zero-order chi connectivity index (χ0) is 19.6.